The Morgan fingerprint density at radius 2 is 2.00 bits per heavy atom. The summed E-state index contributed by atoms with van der Waals surface area (Å²) in [5.41, 5.74) is 6.94. The molecule has 0 radical (unpaired) electrons. The van der Waals surface area contributed by atoms with Crippen LogP contribution in [0, 0.1) is 11.6 Å². The van der Waals surface area contributed by atoms with Crippen molar-refractivity contribution < 1.29 is 13.5 Å². The number of aromatic amines is 1. The second kappa shape index (κ2) is 7.72. The van der Waals surface area contributed by atoms with Crippen LogP contribution in [0.5, 0.6) is 0 Å². The van der Waals surface area contributed by atoms with E-state index < -0.39 is 22.9 Å². The Labute approximate surface area is 181 Å². The highest BCUT2D eigenvalue weighted by atomic mass is 19.1. The molecule has 0 aliphatic carbocycles. The number of hydrogen-bond donors (Lipinski definition) is 2. The Bertz CT molecular complexity index is 1350. The molecule has 0 saturated carbocycles. The number of nitrogens with two attached hydrogens (primary N) is 1. The van der Waals surface area contributed by atoms with Gasteiger partial charge in [-0.05, 0) is 31.2 Å². The van der Waals surface area contributed by atoms with E-state index in [2.05, 4.69) is 27.0 Å². The third kappa shape index (κ3) is 3.19. The summed E-state index contributed by atoms with van der Waals surface area (Å²) in [6, 6.07) is 7.32. The van der Waals surface area contributed by atoms with Crippen LogP contribution in [0.2, 0.25) is 0 Å². The van der Waals surface area contributed by atoms with Crippen LogP contribution in [0.3, 0.4) is 0 Å². The van der Waals surface area contributed by atoms with E-state index in [1.807, 2.05) is 6.07 Å². The van der Waals surface area contributed by atoms with Crippen LogP contribution < -0.4 is 16.2 Å². The summed E-state index contributed by atoms with van der Waals surface area (Å²) < 4.78 is 35.4. The highest BCUT2D eigenvalue weighted by Crippen LogP contribution is 2.30. The molecule has 0 bridgehead atoms. The molecule has 4 heterocycles. The van der Waals surface area contributed by atoms with Gasteiger partial charge in [-0.2, -0.15) is 5.10 Å². The maximum absolute atomic E-state index is 14.5. The average molecular weight is 438 g/mol. The van der Waals surface area contributed by atoms with Crippen LogP contribution in [0.4, 0.5) is 20.3 Å². The van der Waals surface area contributed by atoms with Gasteiger partial charge in [-0.3, -0.25) is 19.4 Å². The lowest BCUT2D eigenvalue weighted by molar-refractivity contribution is 0.0989. The number of nitrogens with one attached hydrogen (secondary N) is 1. The molecule has 5 rings (SSSR count). The first kappa shape index (κ1) is 20.1. The van der Waals surface area contributed by atoms with E-state index >= 15 is 0 Å². The first-order chi connectivity index (χ1) is 15.5. The number of halogens is 2. The van der Waals surface area contributed by atoms with Crippen LogP contribution in [0.1, 0.15) is 6.92 Å². The van der Waals surface area contributed by atoms with Crippen LogP contribution >= 0.6 is 0 Å². The number of para-hydroxylation sites is 1. The molecule has 32 heavy (non-hydrogen) atoms. The molecule has 4 aromatic rings. The number of pyridine rings is 2. The molecule has 1 aliphatic rings. The summed E-state index contributed by atoms with van der Waals surface area (Å²) in [6.45, 7) is 4.10. The summed E-state index contributed by atoms with van der Waals surface area (Å²) in [4.78, 5) is 19.8. The molecule has 8 nitrogen and oxygen atoms in total. The van der Waals surface area contributed by atoms with Crippen molar-refractivity contribution in [1.29, 1.82) is 0 Å². The zero-order valence-electron chi connectivity index (χ0n) is 17.2. The summed E-state index contributed by atoms with van der Waals surface area (Å²) in [7, 11) is 0. The molecule has 1 saturated heterocycles. The van der Waals surface area contributed by atoms with Gasteiger partial charge in [-0.25, -0.2) is 8.78 Å². The molecule has 1 aromatic carbocycles. The molecule has 0 spiro atoms. The number of hydrogen-bond acceptors (Lipinski definition) is 6. The number of aromatic nitrogens is 4. The first-order valence-electron chi connectivity index (χ1n) is 10.1. The average Bonchev–Trinajstić information content (AvgIpc) is 3.18. The standard InChI is InChI=1S/C22H20F2N6O2/c1-12-11-32-8-7-29(12)13-5-6-17(26-9-13)14-10-30(20-15(23)3-2-4-16(20)24)22(31)18-19(14)27-28-21(18)25/h2-6,9-10,12H,7-8,11H2,1H3,(H3,25,27,28)/t12-/m0/s1. The van der Waals surface area contributed by atoms with Crippen molar-refractivity contribution in [1.82, 2.24) is 19.7 Å². The minimum Gasteiger partial charge on any atom is -0.382 e. The third-order valence-corrected chi connectivity index (χ3v) is 5.66. The lowest BCUT2D eigenvalue weighted by atomic mass is 10.1. The normalized spacial score (nSPS) is 16.6. The number of nitrogens with zero attached hydrogens (tertiary/aromatic N) is 4. The molecule has 1 fully saturated rings. The maximum Gasteiger partial charge on any atom is 0.268 e. The van der Waals surface area contributed by atoms with Gasteiger partial charge in [0, 0.05) is 24.3 Å². The molecule has 1 aliphatic heterocycles. The van der Waals surface area contributed by atoms with Gasteiger partial charge >= 0.3 is 0 Å². The topological polar surface area (TPSA) is 102 Å². The number of H-pyrrole nitrogens is 1. The Kier molecular flexibility index (Phi) is 4.86. The van der Waals surface area contributed by atoms with Crippen molar-refractivity contribution in [2.75, 3.05) is 30.4 Å². The number of rotatable bonds is 3. The van der Waals surface area contributed by atoms with Crippen molar-refractivity contribution >= 4 is 22.4 Å². The fourth-order valence-electron chi connectivity index (χ4n) is 4.05. The first-order valence-corrected chi connectivity index (χ1v) is 10.1. The Hall–Kier alpha value is -3.79. The van der Waals surface area contributed by atoms with Crippen molar-refractivity contribution in [3.63, 3.8) is 0 Å². The molecule has 0 unspecified atom stereocenters. The molecular weight excluding hydrogens is 418 g/mol. The summed E-state index contributed by atoms with van der Waals surface area (Å²) in [5, 5.41) is 6.71. The maximum atomic E-state index is 14.5. The number of nitrogen functional groups attached to an aromatic ring is 1. The van der Waals surface area contributed by atoms with Crippen LogP contribution in [-0.2, 0) is 4.74 Å². The van der Waals surface area contributed by atoms with Crippen LogP contribution in [0.25, 0.3) is 27.8 Å². The molecular formula is C22H20F2N6O2. The predicted molar refractivity (Wildman–Crippen MR) is 117 cm³/mol. The highest BCUT2D eigenvalue weighted by Gasteiger charge is 2.22. The summed E-state index contributed by atoms with van der Waals surface area (Å²) in [6.07, 6.45) is 3.07. The van der Waals surface area contributed by atoms with Crippen molar-refractivity contribution in [3.05, 3.63) is 64.7 Å². The van der Waals surface area contributed by atoms with Gasteiger partial charge < -0.3 is 15.4 Å². The molecule has 3 N–H and O–H groups in total. The van der Waals surface area contributed by atoms with Gasteiger partial charge in [0.2, 0.25) is 0 Å². The van der Waals surface area contributed by atoms with Gasteiger partial charge in [-0.15, -0.1) is 0 Å². The number of anilines is 2. The minimum atomic E-state index is -0.871. The van der Waals surface area contributed by atoms with E-state index in [1.54, 1.807) is 12.3 Å². The Balaban J connectivity index is 1.68. The van der Waals surface area contributed by atoms with E-state index in [-0.39, 0.29) is 17.2 Å². The number of ether oxygens (including phenoxy) is 1. The van der Waals surface area contributed by atoms with E-state index in [4.69, 9.17) is 10.5 Å². The second-order valence-corrected chi connectivity index (χ2v) is 7.67. The van der Waals surface area contributed by atoms with Gasteiger partial charge in [0.25, 0.3) is 5.56 Å². The number of morpholine rings is 1. The smallest absolute Gasteiger partial charge is 0.268 e. The predicted octanol–water partition coefficient (Wildman–Crippen LogP) is 2.86. The van der Waals surface area contributed by atoms with Crippen molar-refractivity contribution in [2.45, 2.75) is 13.0 Å². The van der Waals surface area contributed by atoms with Crippen LogP contribution in [0.15, 0.2) is 47.5 Å². The summed E-state index contributed by atoms with van der Waals surface area (Å²) >= 11 is 0. The van der Waals surface area contributed by atoms with Gasteiger partial charge in [0.15, 0.2) is 5.82 Å². The Morgan fingerprint density at radius 3 is 2.69 bits per heavy atom. The zero-order chi connectivity index (χ0) is 22.4. The number of fused-ring (bicyclic) bond motifs is 1. The number of benzene rings is 1. The quantitative estimate of drug-likeness (QED) is 0.510. The molecule has 10 heteroatoms. The zero-order valence-corrected chi connectivity index (χ0v) is 17.2. The minimum absolute atomic E-state index is 0.0397. The van der Waals surface area contributed by atoms with E-state index in [0.717, 1.165) is 28.9 Å². The van der Waals surface area contributed by atoms with E-state index in [1.165, 1.54) is 12.3 Å². The van der Waals surface area contributed by atoms with E-state index in [9.17, 15) is 13.6 Å². The molecule has 0 amide bonds. The van der Waals surface area contributed by atoms with Gasteiger partial charge in [-0.1, -0.05) is 6.07 Å². The lowest BCUT2D eigenvalue weighted by Gasteiger charge is -2.35. The molecule has 1 atom stereocenters. The van der Waals surface area contributed by atoms with Crippen molar-refractivity contribution in [2.24, 2.45) is 0 Å². The fourth-order valence-corrected chi connectivity index (χ4v) is 4.05. The molecule has 3 aromatic heterocycles. The monoisotopic (exact) mass is 438 g/mol. The fraction of sp³-hybridized carbons (Fsp3) is 0.227. The van der Waals surface area contributed by atoms with Crippen LogP contribution in [-0.4, -0.2) is 45.5 Å². The third-order valence-electron chi connectivity index (χ3n) is 5.66. The SMILES string of the molecule is C[C@H]1COCCN1c1ccc(-c2cn(-c3c(F)cccc3F)c(=O)c3c(N)n[nH]c23)nc1. The van der Waals surface area contributed by atoms with Gasteiger partial charge in [0.1, 0.15) is 22.7 Å². The Morgan fingerprint density at radius 1 is 1.22 bits per heavy atom. The molecule has 164 valence electrons. The second-order valence-electron chi connectivity index (χ2n) is 7.67. The van der Waals surface area contributed by atoms with Crippen molar-refractivity contribution in [3.8, 4) is 16.9 Å². The summed E-state index contributed by atoms with van der Waals surface area (Å²) in [5.74, 6) is -1.80. The van der Waals surface area contributed by atoms with E-state index in [0.29, 0.717) is 30.0 Å². The largest absolute Gasteiger partial charge is 0.382 e. The highest BCUT2D eigenvalue weighted by molar-refractivity contribution is 5.97. The lowest BCUT2D eigenvalue weighted by Crippen LogP contribution is -2.43. The van der Waals surface area contributed by atoms with Gasteiger partial charge in [0.05, 0.1) is 36.3 Å².